The first kappa shape index (κ1) is 9.88. The van der Waals surface area contributed by atoms with E-state index in [1.807, 2.05) is 0 Å². The van der Waals surface area contributed by atoms with Gasteiger partial charge in [-0.2, -0.15) is 0 Å². The minimum absolute atomic E-state index is 0.209. The van der Waals surface area contributed by atoms with Crippen molar-refractivity contribution >= 4 is 0 Å². The topological polar surface area (TPSA) is 79.2 Å². The number of methoxy groups -OCH3 is 1. The second-order valence-corrected chi connectivity index (χ2v) is 2.84. The number of ether oxygens (including phenoxy) is 2. The Morgan fingerprint density at radius 1 is 1.67 bits per heavy atom. The molecule has 5 nitrogen and oxygen atoms in total. The molecule has 1 aliphatic rings. The van der Waals surface area contributed by atoms with Gasteiger partial charge in [-0.15, -0.1) is 0 Å². The molecule has 1 heterocycles. The Kier molecular flexibility index (Phi) is 3.03. The van der Waals surface area contributed by atoms with E-state index < -0.39 is 18.0 Å². The highest BCUT2D eigenvalue weighted by atomic mass is 16.6. The second kappa shape index (κ2) is 3.68. The van der Waals surface area contributed by atoms with Crippen molar-refractivity contribution in [1.82, 2.24) is 0 Å². The molecule has 0 aromatic heterocycles. The van der Waals surface area contributed by atoms with Crippen LogP contribution in [0.2, 0.25) is 0 Å². The highest BCUT2D eigenvalue weighted by Gasteiger charge is 2.44. The third-order valence-electron chi connectivity index (χ3n) is 2.14. The van der Waals surface area contributed by atoms with Crippen LogP contribution >= 0.6 is 0 Å². The van der Waals surface area contributed by atoms with E-state index in [0.717, 1.165) is 0 Å². The lowest BCUT2D eigenvalue weighted by Crippen LogP contribution is -2.56. The summed E-state index contributed by atoms with van der Waals surface area (Å²) in [4.78, 5) is 0. The van der Waals surface area contributed by atoms with Gasteiger partial charge in [0.25, 0.3) is 0 Å². The molecule has 3 N–H and O–H groups in total. The summed E-state index contributed by atoms with van der Waals surface area (Å²) in [5, 5.41) is 27.8. The molecule has 5 heteroatoms. The van der Waals surface area contributed by atoms with Crippen LogP contribution in [0.5, 0.6) is 0 Å². The summed E-state index contributed by atoms with van der Waals surface area (Å²) in [7, 11) is 1.31. The highest BCUT2D eigenvalue weighted by Crippen LogP contribution is 2.25. The van der Waals surface area contributed by atoms with Crippen molar-refractivity contribution < 1.29 is 24.8 Å². The molecule has 1 aliphatic heterocycles. The van der Waals surface area contributed by atoms with Gasteiger partial charge in [-0.1, -0.05) is 0 Å². The van der Waals surface area contributed by atoms with E-state index in [1.165, 1.54) is 7.11 Å². The molecule has 0 saturated carbocycles. The summed E-state index contributed by atoms with van der Waals surface area (Å²) in [5.41, 5.74) is 0. The maximum atomic E-state index is 9.59. The summed E-state index contributed by atoms with van der Waals surface area (Å²) in [6, 6.07) is 0. The Balaban J connectivity index is 2.65. The zero-order valence-corrected chi connectivity index (χ0v) is 6.93. The molecule has 3 unspecified atom stereocenters. The van der Waals surface area contributed by atoms with E-state index in [4.69, 9.17) is 14.6 Å². The molecule has 0 aromatic carbocycles. The van der Waals surface area contributed by atoms with E-state index in [1.54, 1.807) is 0 Å². The number of hydrogen-bond donors (Lipinski definition) is 3. The number of rotatable bonds is 2. The summed E-state index contributed by atoms with van der Waals surface area (Å²) < 4.78 is 9.73. The van der Waals surface area contributed by atoms with Gasteiger partial charge in [0.15, 0.2) is 5.79 Å². The van der Waals surface area contributed by atoms with Crippen LogP contribution in [-0.4, -0.2) is 53.6 Å². The summed E-state index contributed by atoms with van der Waals surface area (Å²) in [5.74, 6) is -1.58. The zero-order valence-electron chi connectivity index (χ0n) is 6.93. The first-order valence-electron chi connectivity index (χ1n) is 3.82. The molecule has 0 aliphatic carbocycles. The van der Waals surface area contributed by atoms with Gasteiger partial charge in [-0.25, -0.2) is 0 Å². The highest BCUT2D eigenvalue weighted by molar-refractivity contribution is 4.87. The number of aliphatic hydroxyl groups excluding tert-OH is 2. The fourth-order valence-electron chi connectivity index (χ4n) is 1.26. The SMILES string of the molecule is COC1(O)CCOC(CO)C1O. The van der Waals surface area contributed by atoms with E-state index >= 15 is 0 Å². The molecule has 0 radical (unpaired) electrons. The average molecular weight is 178 g/mol. The van der Waals surface area contributed by atoms with Crippen molar-refractivity contribution in [3.63, 3.8) is 0 Å². The predicted octanol–water partition coefficient (Wildman–Crippen LogP) is -1.54. The monoisotopic (exact) mass is 178 g/mol. The average Bonchev–Trinajstić information content (AvgIpc) is 2.10. The molecule has 1 fully saturated rings. The first-order valence-corrected chi connectivity index (χ1v) is 3.82. The molecule has 0 amide bonds. The normalized spacial score (nSPS) is 43.0. The maximum absolute atomic E-state index is 9.59. The van der Waals surface area contributed by atoms with Crippen LogP contribution in [0, 0.1) is 0 Å². The van der Waals surface area contributed by atoms with Crippen LogP contribution < -0.4 is 0 Å². The van der Waals surface area contributed by atoms with Gasteiger partial charge in [0.1, 0.15) is 12.2 Å². The lowest BCUT2D eigenvalue weighted by Gasteiger charge is -2.39. The minimum Gasteiger partial charge on any atom is -0.394 e. The Morgan fingerprint density at radius 3 is 2.83 bits per heavy atom. The van der Waals surface area contributed by atoms with Crippen molar-refractivity contribution in [2.24, 2.45) is 0 Å². The van der Waals surface area contributed by atoms with Crippen molar-refractivity contribution in [3.05, 3.63) is 0 Å². The van der Waals surface area contributed by atoms with Gasteiger partial charge >= 0.3 is 0 Å². The van der Waals surface area contributed by atoms with Gasteiger partial charge < -0.3 is 24.8 Å². The van der Waals surface area contributed by atoms with Gasteiger partial charge in [0.05, 0.1) is 13.2 Å². The van der Waals surface area contributed by atoms with Crippen LogP contribution in [0.4, 0.5) is 0 Å². The molecule has 1 rings (SSSR count). The Hall–Kier alpha value is -0.200. The van der Waals surface area contributed by atoms with E-state index in [2.05, 4.69) is 0 Å². The minimum atomic E-state index is -1.58. The van der Waals surface area contributed by atoms with E-state index in [0.29, 0.717) is 0 Å². The lowest BCUT2D eigenvalue weighted by molar-refractivity contribution is -0.301. The molecule has 72 valence electrons. The van der Waals surface area contributed by atoms with Crippen LogP contribution in [0.15, 0.2) is 0 Å². The molecule has 0 bridgehead atoms. The van der Waals surface area contributed by atoms with Crippen LogP contribution in [0.25, 0.3) is 0 Å². The van der Waals surface area contributed by atoms with Gasteiger partial charge in [0.2, 0.25) is 0 Å². The van der Waals surface area contributed by atoms with Crippen LogP contribution in [0.1, 0.15) is 6.42 Å². The van der Waals surface area contributed by atoms with Gasteiger partial charge in [-0.3, -0.25) is 0 Å². The molecule has 12 heavy (non-hydrogen) atoms. The lowest BCUT2D eigenvalue weighted by atomic mass is 9.99. The summed E-state index contributed by atoms with van der Waals surface area (Å²) in [6.07, 6.45) is -1.74. The van der Waals surface area contributed by atoms with Crippen LogP contribution in [-0.2, 0) is 9.47 Å². The van der Waals surface area contributed by atoms with Crippen molar-refractivity contribution in [2.75, 3.05) is 20.3 Å². The standard InChI is InChI=1S/C7H14O5/c1-11-7(10)2-3-12-5(4-8)6(7)9/h5-6,8-10H,2-4H2,1H3. The summed E-state index contributed by atoms with van der Waals surface area (Å²) in [6.45, 7) is -0.0561. The molecule has 3 atom stereocenters. The predicted molar refractivity (Wildman–Crippen MR) is 39.4 cm³/mol. The largest absolute Gasteiger partial charge is 0.394 e. The van der Waals surface area contributed by atoms with Crippen molar-refractivity contribution in [1.29, 1.82) is 0 Å². The van der Waals surface area contributed by atoms with Gasteiger partial charge in [-0.05, 0) is 0 Å². The van der Waals surface area contributed by atoms with E-state index in [-0.39, 0.29) is 19.6 Å². The Labute approximate surface area is 70.5 Å². The van der Waals surface area contributed by atoms with Crippen LogP contribution in [0.3, 0.4) is 0 Å². The fraction of sp³-hybridized carbons (Fsp3) is 1.00. The third-order valence-corrected chi connectivity index (χ3v) is 2.14. The smallest absolute Gasteiger partial charge is 0.196 e. The Morgan fingerprint density at radius 2 is 2.33 bits per heavy atom. The molecule has 1 saturated heterocycles. The second-order valence-electron chi connectivity index (χ2n) is 2.84. The summed E-state index contributed by atoms with van der Waals surface area (Å²) >= 11 is 0. The number of aliphatic hydroxyl groups is 3. The molecule has 0 aromatic rings. The van der Waals surface area contributed by atoms with Crippen molar-refractivity contribution in [3.8, 4) is 0 Å². The zero-order chi connectivity index (χ0) is 9.19. The third kappa shape index (κ3) is 1.60. The quantitative estimate of drug-likeness (QED) is 0.447. The fourth-order valence-corrected chi connectivity index (χ4v) is 1.26. The van der Waals surface area contributed by atoms with E-state index in [9.17, 15) is 10.2 Å². The molecular formula is C7H14O5. The van der Waals surface area contributed by atoms with Gasteiger partial charge in [0, 0.05) is 13.5 Å². The number of hydrogen-bond acceptors (Lipinski definition) is 5. The van der Waals surface area contributed by atoms with Crippen molar-refractivity contribution in [2.45, 2.75) is 24.4 Å². The maximum Gasteiger partial charge on any atom is 0.196 e. The molecule has 0 spiro atoms. The first-order chi connectivity index (χ1) is 5.64. The molecular weight excluding hydrogens is 164 g/mol. The Bertz CT molecular complexity index is 151.